The van der Waals surface area contributed by atoms with Crippen LogP contribution >= 0.6 is 0 Å². The smallest absolute Gasteiger partial charge is 0.328 e. The average Bonchev–Trinajstić information content (AvgIpc) is 2.40. The van der Waals surface area contributed by atoms with Crippen LogP contribution in [0.15, 0.2) is 30.4 Å². The van der Waals surface area contributed by atoms with Gasteiger partial charge in [-0.1, -0.05) is 24.8 Å². The number of amides is 1. The summed E-state index contributed by atoms with van der Waals surface area (Å²) >= 11 is 0. The lowest BCUT2D eigenvalue weighted by Crippen LogP contribution is -2.45. The fourth-order valence-electron chi connectivity index (χ4n) is 2.14. The summed E-state index contributed by atoms with van der Waals surface area (Å²) in [7, 11) is 1.31. The van der Waals surface area contributed by atoms with Crippen molar-refractivity contribution in [2.24, 2.45) is 0 Å². The van der Waals surface area contributed by atoms with Gasteiger partial charge in [-0.05, 0) is 38.8 Å². The minimum atomic E-state index is -0.705. The molecule has 0 spiro atoms. The Morgan fingerprint density at radius 2 is 1.75 bits per heavy atom. The van der Waals surface area contributed by atoms with Crippen LogP contribution in [0.1, 0.15) is 25.0 Å². The van der Waals surface area contributed by atoms with Crippen LogP contribution in [-0.2, 0) is 14.3 Å². The topological polar surface area (TPSA) is 46.6 Å². The molecule has 0 aromatic heterocycles. The molecule has 1 aromatic carbocycles. The number of hydrogen-bond donors (Lipinski definition) is 0. The third kappa shape index (κ3) is 3.07. The summed E-state index contributed by atoms with van der Waals surface area (Å²) in [5, 5.41) is 0. The molecule has 0 aliphatic heterocycles. The summed E-state index contributed by atoms with van der Waals surface area (Å²) in [5.41, 5.74) is 2.97. The van der Waals surface area contributed by atoms with Gasteiger partial charge in [0.15, 0.2) is 0 Å². The van der Waals surface area contributed by atoms with E-state index in [-0.39, 0.29) is 5.91 Å². The second kappa shape index (κ2) is 6.37. The van der Waals surface area contributed by atoms with Crippen molar-refractivity contribution in [1.82, 2.24) is 0 Å². The van der Waals surface area contributed by atoms with Crippen LogP contribution in [0.25, 0.3) is 0 Å². The van der Waals surface area contributed by atoms with E-state index in [1.807, 2.05) is 32.0 Å². The van der Waals surface area contributed by atoms with E-state index in [9.17, 15) is 9.59 Å². The molecule has 0 unspecified atom stereocenters. The van der Waals surface area contributed by atoms with Gasteiger partial charge in [0, 0.05) is 5.57 Å². The van der Waals surface area contributed by atoms with Gasteiger partial charge in [-0.3, -0.25) is 9.69 Å². The number of anilines is 1. The third-order valence-electron chi connectivity index (χ3n) is 3.19. The lowest BCUT2D eigenvalue weighted by Gasteiger charge is -2.30. The molecule has 4 nitrogen and oxygen atoms in total. The van der Waals surface area contributed by atoms with E-state index < -0.39 is 12.0 Å². The van der Waals surface area contributed by atoms with Crippen LogP contribution in [0, 0.1) is 13.8 Å². The van der Waals surface area contributed by atoms with Crippen LogP contribution in [-0.4, -0.2) is 25.0 Å². The number of carbonyl (C=O) groups excluding carboxylic acids is 2. The molecule has 108 valence electrons. The Morgan fingerprint density at radius 1 is 1.25 bits per heavy atom. The first-order valence-electron chi connectivity index (χ1n) is 6.44. The van der Waals surface area contributed by atoms with Gasteiger partial charge < -0.3 is 4.74 Å². The van der Waals surface area contributed by atoms with Gasteiger partial charge in [-0.25, -0.2) is 4.79 Å². The van der Waals surface area contributed by atoms with E-state index in [1.54, 1.807) is 13.8 Å². The van der Waals surface area contributed by atoms with Crippen LogP contribution in [0.5, 0.6) is 0 Å². The van der Waals surface area contributed by atoms with E-state index in [4.69, 9.17) is 4.74 Å². The number of esters is 1. The molecule has 0 bridgehead atoms. The highest BCUT2D eigenvalue weighted by molar-refractivity contribution is 6.09. The predicted molar refractivity (Wildman–Crippen MR) is 79.7 cm³/mol. The summed E-state index contributed by atoms with van der Waals surface area (Å²) < 4.78 is 4.76. The zero-order chi connectivity index (χ0) is 15.4. The molecule has 0 radical (unpaired) electrons. The number of methoxy groups -OCH3 is 1. The van der Waals surface area contributed by atoms with Crippen LogP contribution in [0.3, 0.4) is 0 Å². The Hall–Kier alpha value is -2.10. The first-order valence-corrected chi connectivity index (χ1v) is 6.44. The van der Waals surface area contributed by atoms with E-state index in [0.717, 1.165) is 16.8 Å². The number of carbonyl (C=O) groups is 2. The van der Waals surface area contributed by atoms with Gasteiger partial charge in [-0.15, -0.1) is 0 Å². The Kier molecular flexibility index (Phi) is 5.08. The number of hydrogen-bond acceptors (Lipinski definition) is 3. The normalized spacial score (nSPS) is 11.7. The van der Waals surface area contributed by atoms with Crippen LogP contribution in [0.2, 0.25) is 0 Å². The van der Waals surface area contributed by atoms with Crippen LogP contribution < -0.4 is 4.90 Å². The van der Waals surface area contributed by atoms with E-state index in [0.29, 0.717) is 5.57 Å². The molecule has 0 aliphatic rings. The van der Waals surface area contributed by atoms with Gasteiger partial charge in [0.1, 0.15) is 6.04 Å². The third-order valence-corrected chi connectivity index (χ3v) is 3.19. The van der Waals surface area contributed by atoms with Gasteiger partial charge >= 0.3 is 5.97 Å². The molecule has 0 saturated carbocycles. The second-order valence-corrected chi connectivity index (χ2v) is 4.90. The molecule has 1 atom stereocenters. The Labute approximate surface area is 120 Å². The van der Waals surface area contributed by atoms with Gasteiger partial charge in [0.25, 0.3) is 5.91 Å². The number of para-hydroxylation sites is 1. The van der Waals surface area contributed by atoms with E-state index in [1.165, 1.54) is 12.0 Å². The Balaban J connectivity index is 3.42. The zero-order valence-corrected chi connectivity index (χ0v) is 12.7. The molecule has 1 aromatic rings. The molecule has 4 heteroatoms. The monoisotopic (exact) mass is 275 g/mol. The summed E-state index contributed by atoms with van der Waals surface area (Å²) in [6.07, 6.45) is 0. The largest absolute Gasteiger partial charge is 0.467 e. The molecule has 0 aliphatic carbocycles. The maximum Gasteiger partial charge on any atom is 0.328 e. The Morgan fingerprint density at radius 3 is 2.15 bits per heavy atom. The molecule has 0 fully saturated rings. The van der Waals surface area contributed by atoms with E-state index in [2.05, 4.69) is 6.58 Å². The van der Waals surface area contributed by atoms with Crippen molar-refractivity contribution in [3.8, 4) is 0 Å². The second-order valence-electron chi connectivity index (χ2n) is 4.90. The van der Waals surface area contributed by atoms with Crippen molar-refractivity contribution >= 4 is 17.6 Å². The number of ether oxygens (including phenoxy) is 1. The summed E-state index contributed by atoms with van der Waals surface area (Å²) in [5.74, 6) is -0.734. The van der Waals surface area contributed by atoms with Crippen molar-refractivity contribution in [2.45, 2.75) is 33.7 Å². The van der Waals surface area contributed by atoms with Crippen LogP contribution in [0.4, 0.5) is 5.69 Å². The maximum atomic E-state index is 12.4. The number of benzene rings is 1. The Bertz CT molecular complexity index is 528. The lowest BCUT2D eigenvalue weighted by molar-refractivity contribution is -0.142. The zero-order valence-electron chi connectivity index (χ0n) is 12.7. The minimum Gasteiger partial charge on any atom is -0.467 e. The summed E-state index contributed by atoms with van der Waals surface area (Å²) in [4.78, 5) is 25.7. The van der Waals surface area contributed by atoms with Crippen molar-refractivity contribution < 1.29 is 14.3 Å². The van der Waals surface area contributed by atoms with Crippen molar-refractivity contribution in [3.63, 3.8) is 0 Å². The molecular formula is C16H21NO3. The quantitative estimate of drug-likeness (QED) is 0.627. The average molecular weight is 275 g/mol. The summed E-state index contributed by atoms with van der Waals surface area (Å²) in [6, 6.07) is 5.03. The molecule has 20 heavy (non-hydrogen) atoms. The number of nitrogens with zero attached hydrogens (tertiary/aromatic N) is 1. The highest BCUT2D eigenvalue weighted by Crippen LogP contribution is 2.28. The first kappa shape index (κ1) is 16.0. The SMILES string of the molecule is C=C(C)C(=O)N(c1c(C)cccc1C)[C@@H](C)C(=O)OC. The number of aryl methyl sites for hydroxylation is 2. The van der Waals surface area contributed by atoms with Crippen molar-refractivity contribution in [1.29, 1.82) is 0 Å². The maximum absolute atomic E-state index is 12.4. The van der Waals surface area contributed by atoms with Gasteiger partial charge in [-0.2, -0.15) is 0 Å². The highest BCUT2D eigenvalue weighted by atomic mass is 16.5. The number of rotatable bonds is 4. The molecule has 1 amide bonds. The minimum absolute atomic E-state index is 0.278. The molecule has 0 heterocycles. The van der Waals surface area contributed by atoms with E-state index >= 15 is 0 Å². The first-order chi connectivity index (χ1) is 9.31. The molecular weight excluding hydrogens is 254 g/mol. The molecule has 1 rings (SSSR count). The summed E-state index contributed by atoms with van der Waals surface area (Å²) in [6.45, 7) is 10.8. The standard InChI is InChI=1S/C16H21NO3/c1-10(2)15(18)17(13(5)16(19)20-6)14-11(3)8-7-9-12(14)4/h7-9,13H,1H2,2-6H3/t13-/m0/s1. The van der Waals surface area contributed by atoms with Crippen molar-refractivity contribution in [3.05, 3.63) is 41.5 Å². The fourth-order valence-corrected chi connectivity index (χ4v) is 2.14. The highest BCUT2D eigenvalue weighted by Gasteiger charge is 2.30. The van der Waals surface area contributed by atoms with Crippen molar-refractivity contribution in [2.75, 3.05) is 12.0 Å². The van der Waals surface area contributed by atoms with Gasteiger partial charge in [0.05, 0.1) is 12.8 Å². The molecule has 0 N–H and O–H groups in total. The molecule has 0 saturated heterocycles. The van der Waals surface area contributed by atoms with Gasteiger partial charge in [0.2, 0.25) is 0 Å². The predicted octanol–water partition coefficient (Wildman–Crippen LogP) is 2.77. The lowest BCUT2D eigenvalue weighted by atomic mass is 10.0. The fraction of sp³-hybridized carbons (Fsp3) is 0.375.